The molecule has 1 saturated heterocycles. The van der Waals surface area contributed by atoms with Crippen molar-refractivity contribution in [2.24, 2.45) is 5.92 Å². The second-order valence-electron chi connectivity index (χ2n) is 7.19. The Morgan fingerprint density at radius 2 is 2.03 bits per heavy atom. The van der Waals surface area contributed by atoms with E-state index in [0.29, 0.717) is 42.6 Å². The lowest BCUT2D eigenvalue weighted by atomic mass is 9.97. The summed E-state index contributed by atoms with van der Waals surface area (Å²) in [6, 6.07) is 9.32. The summed E-state index contributed by atoms with van der Waals surface area (Å²) >= 11 is 5.99. The van der Waals surface area contributed by atoms with Crippen LogP contribution in [0.1, 0.15) is 28.8 Å². The summed E-state index contributed by atoms with van der Waals surface area (Å²) < 4.78 is 23.8. The zero-order valence-corrected chi connectivity index (χ0v) is 16.4. The van der Waals surface area contributed by atoms with Gasteiger partial charge in [0.25, 0.3) is 5.91 Å². The molecular weight excluding hydrogens is 399 g/mol. The maximum Gasteiger partial charge on any atom is 0.411 e. The van der Waals surface area contributed by atoms with Gasteiger partial charge in [-0.1, -0.05) is 17.7 Å². The highest BCUT2D eigenvalue weighted by atomic mass is 35.5. The number of benzene rings is 2. The SMILES string of the molecule is O=C1Nc2cc(C(=O)N3CCC(COc4ccc(F)cc4Cl)CC3)ccc2CO1. The molecule has 0 saturated carbocycles. The first-order valence-electron chi connectivity index (χ1n) is 9.43. The van der Waals surface area contributed by atoms with Gasteiger partial charge in [-0.05, 0) is 49.1 Å². The lowest BCUT2D eigenvalue weighted by molar-refractivity contribution is 0.0661. The quantitative estimate of drug-likeness (QED) is 0.795. The first-order valence-corrected chi connectivity index (χ1v) is 9.81. The van der Waals surface area contributed by atoms with Crippen LogP contribution in [0.15, 0.2) is 36.4 Å². The van der Waals surface area contributed by atoms with E-state index in [1.807, 2.05) is 4.90 Å². The van der Waals surface area contributed by atoms with Gasteiger partial charge in [0.05, 0.1) is 17.3 Å². The average molecular weight is 419 g/mol. The summed E-state index contributed by atoms with van der Waals surface area (Å²) in [5, 5.41) is 2.88. The van der Waals surface area contributed by atoms with E-state index < -0.39 is 11.9 Å². The number of hydrogen-bond acceptors (Lipinski definition) is 4. The molecule has 1 N–H and O–H groups in total. The molecule has 152 valence electrons. The normalized spacial score (nSPS) is 16.6. The van der Waals surface area contributed by atoms with Gasteiger partial charge in [0.15, 0.2) is 0 Å². The van der Waals surface area contributed by atoms with Crippen molar-refractivity contribution in [3.63, 3.8) is 0 Å². The molecule has 0 spiro atoms. The van der Waals surface area contributed by atoms with E-state index >= 15 is 0 Å². The van der Waals surface area contributed by atoms with Crippen LogP contribution < -0.4 is 10.1 Å². The Morgan fingerprint density at radius 3 is 2.79 bits per heavy atom. The third-order valence-electron chi connectivity index (χ3n) is 5.22. The fourth-order valence-electron chi connectivity index (χ4n) is 3.53. The number of cyclic esters (lactones) is 1. The third-order valence-corrected chi connectivity index (χ3v) is 5.52. The number of anilines is 1. The van der Waals surface area contributed by atoms with Crippen LogP contribution in [-0.2, 0) is 11.3 Å². The topological polar surface area (TPSA) is 67.9 Å². The van der Waals surface area contributed by atoms with Crippen molar-refractivity contribution in [2.75, 3.05) is 25.0 Å². The van der Waals surface area contributed by atoms with Crippen LogP contribution in [-0.4, -0.2) is 36.6 Å². The Morgan fingerprint density at radius 1 is 1.24 bits per heavy atom. The van der Waals surface area contributed by atoms with Crippen molar-refractivity contribution in [3.8, 4) is 5.75 Å². The molecule has 0 unspecified atom stereocenters. The van der Waals surface area contributed by atoms with E-state index in [4.69, 9.17) is 21.1 Å². The fourth-order valence-corrected chi connectivity index (χ4v) is 3.75. The van der Waals surface area contributed by atoms with Gasteiger partial charge >= 0.3 is 6.09 Å². The van der Waals surface area contributed by atoms with Crippen LogP contribution in [0, 0.1) is 11.7 Å². The van der Waals surface area contributed by atoms with Crippen molar-refractivity contribution < 1.29 is 23.5 Å². The number of halogens is 2. The molecule has 0 aliphatic carbocycles. The molecule has 0 radical (unpaired) electrons. The number of rotatable bonds is 4. The van der Waals surface area contributed by atoms with Crippen molar-refractivity contribution in [3.05, 3.63) is 58.4 Å². The molecule has 2 amide bonds. The van der Waals surface area contributed by atoms with E-state index in [9.17, 15) is 14.0 Å². The number of likely N-dealkylation sites (tertiary alicyclic amines) is 1. The fraction of sp³-hybridized carbons (Fsp3) is 0.333. The molecule has 2 heterocycles. The first kappa shape index (κ1) is 19.5. The van der Waals surface area contributed by atoms with Crippen LogP contribution in [0.25, 0.3) is 0 Å². The molecule has 0 atom stereocenters. The number of fused-ring (bicyclic) bond motifs is 1. The van der Waals surface area contributed by atoms with E-state index in [-0.39, 0.29) is 17.5 Å². The molecule has 1 fully saturated rings. The zero-order chi connectivity index (χ0) is 20.4. The van der Waals surface area contributed by atoms with Crippen molar-refractivity contribution in [2.45, 2.75) is 19.4 Å². The van der Waals surface area contributed by atoms with E-state index in [1.165, 1.54) is 18.2 Å². The highest BCUT2D eigenvalue weighted by molar-refractivity contribution is 6.32. The first-order chi connectivity index (χ1) is 14.0. The highest BCUT2D eigenvalue weighted by Crippen LogP contribution is 2.28. The van der Waals surface area contributed by atoms with Crippen LogP contribution in [0.5, 0.6) is 5.75 Å². The van der Waals surface area contributed by atoms with Gasteiger partial charge in [-0.25, -0.2) is 9.18 Å². The number of nitrogens with zero attached hydrogens (tertiary/aromatic N) is 1. The highest BCUT2D eigenvalue weighted by Gasteiger charge is 2.25. The van der Waals surface area contributed by atoms with Crippen molar-refractivity contribution in [1.82, 2.24) is 4.90 Å². The molecule has 2 aliphatic heterocycles. The van der Waals surface area contributed by atoms with Crippen molar-refractivity contribution >= 4 is 29.3 Å². The van der Waals surface area contributed by atoms with Crippen LogP contribution >= 0.6 is 11.6 Å². The van der Waals surface area contributed by atoms with Crippen molar-refractivity contribution in [1.29, 1.82) is 0 Å². The number of hydrogen-bond donors (Lipinski definition) is 1. The number of ether oxygens (including phenoxy) is 2. The molecule has 0 aromatic heterocycles. The van der Waals surface area contributed by atoms with Crippen LogP contribution in [0.4, 0.5) is 14.9 Å². The molecule has 0 bridgehead atoms. The zero-order valence-electron chi connectivity index (χ0n) is 15.6. The molecule has 8 heteroatoms. The van der Waals surface area contributed by atoms with Gasteiger partial charge in [0, 0.05) is 24.2 Å². The molecular formula is C21H20ClFN2O4. The maximum atomic E-state index is 13.1. The lowest BCUT2D eigenvalue weighted by Crippen LogP contribution is -2.39. The molecule has 2 aromatic rings. The number of piperidine rings is 1. The molecule has 2 aliphatic rings. The number of amides is 2. The van der Waals surface area contributed by atoms with Gasteiger partial charge in [0.2, 0.25) is 0 Å². The maximum absolute atomic E-state index is 13.1. The Balaban J connectivity index is 1.32. The Bertz CT molecular complexity index is 944. The van der Waals surface area contributed by atoms with Crippen LogP contribution in [0.3, 0.4) is 0 Å². The lowest BCUT2D eigenvalue weighted by Gasteiger charge is -2.32. The molecule has 2 aromatic carbocycles. The number of carbonyl (C=O) groups excluding carboxylic acids is 2. The summed E-state index contributed by atoms with van der Waals surface area (Å²) in [5.74, 6) is 0.296. The smallest absolute Gasteiger partial charge is 0.411 e. The largest absolute Gasteiger partial charge is 0.492 e. The predicted molar refractivity (Wildman–Crippen MR) is 106 cm³/mol. The summed E-state index contributed by atoms with van der Waals surface area (Å²) in [6.45, 7) is 1.92. The number of nitrogens with one attached hydrogen (secondary N) is 1. The summed E-state index contributed by atoms with van der Waals surface area (Å²) in [5.41, 5.74) is 2.00. The van der Waals surface area contributed by atoms with Crippen LogP contribution in [0.2, 0.25) is 5.02 Å². The van der Waals surface area contributed by atoms with E-state index in [0.717, 1.165) is 18.4 Å². The molecule has 6 nitrogen and oxygen atoms in total. The summed E-state index contributed by atoms with van der Waals surface area (Å²) in [4.78, 5) is 26.0. The second kappa shape index (κ2) is 8.29. The Kier molecular flexibility index (Phi) is 5.58. The average Bonchev–Trinajstić information content (AvgIpc) is 2.72. The molecule has 29 heavy (non-hydrogen) atoms. The second-order valence-corrected chi connectivity index (χ2v) is 7.60. The summed E-state index contributed by atoms with van der Waals surface area (Å²) in [7, 11) is 0. The molecule has 4 rings (SSSR count). The summed E-state index contributed by atoms with van der Waals surface area (Å²) in [6.07, 6.45) is 1.10. The third kappa shape index (κ3) is 4.45. The van der Waals surface area contributed by atoms with Gasteiger partial charge in [-0.15, -0.1) is 0 Å². The monoisotopic (exact) mass is 418 g/mol. The van der Waals surface area contributed by atoms with E-state index in [1.54, 1.807) is 18.2 Å². The standard InChI is InChI=1S/C21H20ClFN2O4/c22-17-10-16(23)3-4-19(17)28-11-13-5-7-25(8-6-13)20(26)14-1-2-15-12-29-21(27)24-18(15)9-14/h1-4,9-10,13H,5-8,11-12H2,(H,24,27). The van der Waals surface area contributed by atoms with Gasteiger partial charge in [-0.2, -0.15) is 0 Å². The van der Waals surface area contributed by atoms with Gasteiger partial charge < -0.3 is 14.4 Å². The minimum Gasteiger partial charge on any atom is -0.492 e. The number of carbonyl (C=O) groups is 2. The minimum atomic E-state index is -0.510. The Hall–Kier alpha value is -2.80. The minimum absolute atomic E-state index is 0.0607. The predicted octanol–water partition coefficient (Wildman–Crippen LogP) is 4.47. The van der Waals surface area contributed by atoms with Gasteiger partial charge in [0.1, 0.15) is 18.2 Å². The Labute approximate surface area is 172 Å². The van der Waals surface area contributed by atoms with E-state index in [2.05, 4.69) is 5.32 Å². The van der Waals surface area contributed by atoms with Gasteiger partial charge in [-0.3, -0.25) is 10.1 Å².